The van der Waals surface area contributed by atoms with Gasteiger partial charge in [0.2, 0.25) is 0 Å². The van der Waals surface area contributed by atoms with Gasteiger partial charge in [-0.05, 0) is 43.5 Å². The van der Waals surface area contributed by atoms with Crippen molar-refractivity contribution in [3.8, 4) is 0 Å². The molecule has 0 amide bonds. The highest BCUT2D eigenvalue weighted by Crippen LogP contribution is 2.26. The van der Waals surface area contributed by atoms with Crippen LogP contribution in [0.3, 0.4) is 0 Å². The van der Waals surface area contributed by atoms with Crippen LogP contribution in [0.4, 0.5) is 0 Å². The molecule has 2 aromatic rings. The third-order valence-electron chi connectivity index (χ3n) is 3.76. The summed E-state index contributed by atoms with van der Waals surface area (Å²) >= 11 is 1.64. The van der Waals surface area contributed by atoms with E-state index < -0.39 is 0 Å². The highest BCUT2D eigenvalue weighted by Gasteiger charge is 2.16. The smallest absolute Gasteiger partial charge is 0.338 e. The first-order chi connectivity index (χ1) is 11.2. The van der Waals surface area contributed by atoms with Gasteiger partial charge in [-0.2, -0.15) is 0 Å². The minimum absolute atomic E-state index is 0.266. The van der Waals surface area contributed by atoms with Crippen LogP contribution in [0.5, 0.6) is 0 Å². The summed E-state index contributed by atoms with van der Waals surface area (Å²) in [6.07, 6.45) is 7.31. The second-order valence-electron chi connectivity index (χ2n) is 5.60. The van der Waals surface area contributed by atoms with E-state index in [1.54, 1.807) is 11.3 Å². The summed E-state index contributed by atoms with van der Waals surface area (Å²) in [6, 6.07) is 6.34. The molecule has 0 unspecified atom stereocenters. The van der Waals surface area contributed by atoms with Crippen molar-refractivity contribution in [1.82, 2.24) is 4.98 Å². The molecule has 3 nitrogen and oxygen atoms in total. The summed E-state index contributed by atoms with van der Waals surface area (Å²) in [5.74, 6) is -0.266. The molecule has 0 fully saturated rings. The molecule has 1 aromatic heterocycles. The van der Waals surface area contributed by atoms with Crippen molar-refractivity contribution >= 4 is 23.4 Å². The van der Waals surface area contributed by atoms with Crippen molar-refractivity contribution in [2.75, 3.05) is 6.61 Å². The van der Waals surface area contributed by atoms with Crippen LogP contribution in [0, 0.1) is 6.92 Å². The fourth-order valence-electron chi connectivity index (χ4n) is 2.73. The summed E-state index contributed by atoms with van der Waals surface area (Å²) in [7, 11) is 0. The third-order valence-corrected chi connectivity index (χ3v) is 4.54. The van der Waals surface area contributed by atoms with Crippen molar-refractivity contribution in [2.45, 2.75) is 26.7 Å². The first-order valence-electron chi connectivity index (χ1n) is 7.72. The van der Waals surface area contributed by atoms with E-state index in [9.17, 15) is 4.79 Å². The van der Waals surface area contributed by atoms with E-state index in [2.05, 4.69) is 30.1 Å². The second-order valence-corrected chi connectivity index (χ2v) is 6.58. The molecular weight excluding hydrogens is 306 g/mol. The Bertz CT molecular complexity index is 773. The fourth-order valence-corrected chi connectivity index (χ4v) is 3.40. The summed E-state index contributed by atoms with van der Waals surface area (Å²) < 4.78 is 5.19. The van der Waals surface area contributed by atoms with Crippen molar-refractivity contribution in [3.05, 3.63) is 68.7 Å². The number of hydrogen-bond donors (Lipinski definition) is 0. The normalized spacial score (nSPS) is 13.7. The summed E-state index contributed by atoms with van der Waals surface area (Å²) in [5.41, 5.74) is 5.35. The van der Waals surface area contributed by atoms with Crippen LogP contribution in [0.2, 0.25) is 0 Å². The van der Waals surface area contributed by atoms with E-state index in [1.165, 1.54) is 16.7 Å². The van der Waals surface area contributed by atoms with Gasteiger partial charge in [0.15, 0.2) is 0 Å². The Hall–Kier alpha value is -2.20. The van der Waals surface area contributed by atoms with Gasteiger partial charge in [0, 0.05) is 18.0 Å². The van der Waals surface area contributed by atoms with Gasteiger partial charge in [0.05, 0.1) is 17.2 Å². The van der Waals surface area contributed by atoms with Crippen LogP contribution >= 0.6 is 11.3 Å². The van der Waals surface area contributed by atoms with Crippen LogP contribution < -0.4 is 0 Å². The van der Waals surface area contributed by atoms with Gasteiger partial charge < -0.3 is 4.74 Å². The zero-order valence-electron chi connectivity index (χ0n) is 13.3. The van der Waals surface area contributed by atoms with E-state index in [0.717, 1.165) is 23.4 Å². The lowest BCUT2D eigenvalue weighted by molar-refractivity contribution is -0.138. The zero-order valence-corrected chi connectivity index (χ0v) is 14.2. The number of aryl methyl sites for hydroxylation is 1. The van der Waals surface area contributed by atoms with Gasteiger partial charge in [-0.15, -0.1) is 11.3 Å². The van der Waals surface area contributed by atoms with E-state index in [-0.39, 0.29) is 5.97 Å². The van der Waals surface area contributed by atoms with Crippen molar-refractivity contribution in [2.24, 2.45) is 0 Å². The summed E-state index contributed by atoms with van der Waals surface area (Å²) in [6.45, 7) is 4.30. The Morgan fingerprint density at radius 3 is 2.96 bits per heavy atom. The average Bonchev–Trinajstić information content (AvgIpc) is 2.95. The van der Waals surface area contributed by atoms with Gasteiger partial charge in [-0.3, -0.25) is 0 Å². The number of hydrogen-bond acceptors (Lipinski definition) is 4. The Labute approximate surface area is 140 Å². The lowest BCUT2D eigenvalue weighted by atomic mass is 9.98. The maximum Gasteiger partial charge on any atom is 0.338 e. The van der Waals surface area contributed by atoms with Crippen LogP contribution in [-0.4, -0.2) is 17.6 Å². The van der Waals surface area contributed by atoms with E-state index in [1.807, 2.05) is 30.7 Å². The van der Waals surface area contributed by atoms with Crippen LogP contribution in [0.15, 0.2) is 47.0 Å². The fraction of sp³-hybridized carbons (Fsp3) is 0.263. The van der Waals surface area contributed by atoms with Gasteiger partial charge in [-0.25, -0.2) is 9.78 Å². The topological polar surface area (TPSA) is 39.2 Å². The molecule has 0 aliphatic heterocycles. The number of nitrogens with zero attached hydrogens (tertiary/aromatic N) is 1. The highest BCUT2D eigenvalue weighted by atomic mass is 32.1. The molecule has 0 saturated heterocycles. The quantitative estimate of drug-likeness (QED) is 0.794. The molecule has 0 N–H and O–H groups in total. The molecule has 4 heteroatoms. The minimum atomic E-state index is -0.266. The number of aromatic nitrogens is 1. The van der Waals surface area contributed by atoms with Gasteiger partial charge in [0.25, 0.3) is 0 Å². The molecule has 0 radical (unpaired) electrons. The molecular formula is C19H19NO2S. The van der Waals surface area contributed by atoms with Gasteiger partial charge >= 0.3 is 5.97 Å². The monoisotopic (exact) mass is 325 g/mol. The van der Waals surface area contributed by atoms with Gasteiger partial charge in [0.1, 0.15) is 0 Å². The molecule has 118 valence electrons. The Balaban J connectivity index is 1.99. The summed E-state index contributed by atoms with van der Waals surface area (Å²) in [4.78, 5) is 16.6. The minimum Gasteiger partial charge on any atom is -0.462 e. The number of esters is 1. The Morgan fingerprint density at radius 2 is 2.22 bits per heavy atom. The zero-order chi connectivity index (χ0) is 16.2. The lowest BCUT2D eigenvalue weighted by Crippen LogP contribution is -2.06. The number of ether oxygens (including phenoxy) is 1. The SMILES string of the molecule is CCOC(=O)C1=Cc2ccc(C)cc2CC(Cc2nccs2)=C1. The number of carbonyl (C=O) groups excluding carboxylic acids is 1. The molecule has 0 spiro atoms. The van der Waals surface area contributed by atoms with Crippen molar-refractivity contribution in [1.29, 1.82) is 0 Å². The van der Waals surface area contributed by atoms with E-state index in [0.29, 0.717) is 12.2 Å². The number of carbonyl (C=O) groups is 1. The number of benzene rings is 1. The van der Waals surface area contributed by atoms with Crippen LogP contribution in [0.1, 0.15) is 28.6 Å². The second kappa shape index (κ2) is 6.92. The summed E-state index contributed by atoms with van der Waals surface area (Å²) in [5, 5.41) is 3.04. The first kappa shape index (κ1) is 15.7. The molecule has 0 bridgehead atoms. The van der Waals surface area contributed by atoms with E-state index in [4.69, 9.17) is 4.74 Å². The molecule has 1 heterocycles. The lowest BCUT2D eigenvalue weighted by Gasteiger charge is -2.08. The number of allylic oxidation sites excluding steroid dienone is 1. The Morgan fingerprint density at radius 1 is 1.35 bits per heavy atom. The number of thiazole rings is 1. The largest absolute Gasteiger partial charge is 0.462 e. The molecule has 1 aromatic carbocycles. The average molecular weight is 325 g/mol. The molecule has 1 aliphatic rings. The molecule has 23 heavy (non-hydrogen) atoms. The Kier molecular flexibility index (Phi) is 4.72. The first-order valence-corrected chi connectivity index (χ1v) is 8.60. The standard InChI is InChI=1S/C19H19NO2S/c1-3-22-19(21)17-10-14(11-18-20-6-7-23-18)9-16-8-13(2)4-5-15(16)12-17/h4-8,10,12H,3,9,11H2,1-2H3. The molecule has 3 rings (SSSR count). The van der Waals surface area contributed by atoms with Crippen molar-refractivity contribution < 1.29 is 9.53 Å². The maximum atomic E-state index is 12.2. The molecule has 0 atom stereocenters. The molecule has 0 saturated carbocycles. The highest BCUT2D eigenvalue weighted by molar-refractivity contribution is 7.09. The predicted octanol–water partition coefficient (Wildman–Crippen LogP) is 4.12. The predicted molar refractivity (Wildman–Crippen MR) is 93.4 cm³/mol. The maximum absolute atomic E-state index is 12.2. The van der Waals surface area contributed by atoms with Crippen LogP contribution in [-0.2, 0) is 22.4 Å². The van der Waals surface area contributed by atoms with Crippen molar-refractivity contribution in [3.63, 3.8) is 0 Å². The molecule has 1 aliphatic carbocycles. The van der Waals surface area contributed by atoms with Gasteiger partial charge in [-0.1, -0.05) is 29.3 Å². The number of fused-ring (bicyclic) bond motifs is 1. The van der Waals surface area contributed by atoms with E-state index >= 15 is 0 Å². The number of rotatable bonds is 4. The van der Waals surface area contributed by atoms with Crippen LogP contribution in [0.25, 0.3) is 6.08 Å². The third kappa shape index (κ3) is 3.77.